The first-order valence-electron chi connectivity index (χ1n) is 8.42. The van der Waals surface area contributed by atoms with Crippen molar-refractivity contribution in [3.63, 3.8) is 0 Å². The van der Waals surface area contributed by atoms with E-state index in [2.05, 4.69) is 15.6 Å². The van der Waals surface area contributed by atoms with Crippen LogP contribution in [0.3, 0.4) is 0 Å². The summed E-state index contributed by atoms with van der Waals surface area (Å²) in [4.78, 5) is 28.6. The Hall–Kier alpha value is -2.93. The van der Waals surface area contributed by atoms with Crippen LogP contribution in [-0.2, 0) is 9.47 Å². The van der Waals surface area contributed by atoms with E-state index in [9.17, 15) is 9.59 Å². The number of benzene rings is 1. The van der Waals surface area contributed by atoms with Gasteiger partial charge in [0.2, 0.25) is 0 Å². The molecule has 0 aliphatic carbocycles. The molecule has 26 heavy (non-hydrogen) atoms. The number of amides is 1. The van der Waals surface area contributed by atoms with Gasteiger partial charge in [-0.1, -0.05) is 12.1 Å². The average molecular weight is 357 g/mol. The third-order valence-electron chi connectivity index (χ3n) is 3.52. The molecule has 2 N–H and O–H groups in total. The summed E-state index contributed by atoms with van der Waals surface area (Å²) >= 11 is 0. The van der Waals surface area contributed by atoms with Crippen LogP contribution >= 0.6 is 0 Å². The lowest BCUT2D eigenvalue weighted by Crippen LogP contribution is -2.17. The summed E-state index contributed by atoms with van der Waals surface area (Å²) in [7, 11) is 1.66. The van der Waals surface area contributed by atoms with E-state index < -0.39 is 11.9 Å². The first-order valence-corrected chi connectivity index (χ1v) is 8.42. The largest absolute Gasteiger partial charge is 0.462 e. The van der Waals surface area contributed by atoms with Gasteiger partial charge in [-0.2, -0.15) is 0 Å². The Morgan fingerprint density at radius 1 is 1.19 bits per heavy atom. The van der Waals surface area contributed by atoms with Gasteiger partial charge in [0.05, 0.1) is 17.9 Å². The van der Waals surface area contributed by atoms with Crippen molar-refractivity contribution in [2.75, 3.05) is 37.5 Å². The molecule has 2 aromatic rings. The van der Waals surface area contributed by atoms with E-state index in [-0.39, 0.29) is 12.3 Å². The lowest BCUT2D eigenvalue weighted by Gasteiger charge is -2.11. The third-order valence-corrected chi connectivity index (χ3v) is 3.52. The van der Waals surface area contributed by atoms with Gasteiger partial charge < -0.3 is 20.1 Å². The predicted molar refractivity (Wildman–Crippen MR) is 99.6 cm³/mol. The minimum atomic E-state index is -0.482. The van der Waals surface area contributed by atoms with Gasteiger partial charge in [0.25, 0.3) is 5.91 Å². The van der Waals surface area contributed by atoms with E-state index in [1.807, 2.05) is 0 Å². The number of nitrogens with zero attached hydrogens (tertiary/aromatic N) is 1. The molecule has 0 fully saturated rings. The van der Waals surface area contributed by atoms with Crippen molar-refractivity contribution >= 4 is 23.3 Å². The Kier molecular flexibility index (Phi) is 7.57. The monoisotopic (exact) mass is 357 g/mol. The fraction of sp³-hybridized carbons (Fsp3) is 0.316. The van der Waals surface area contributed by atoms with Crippen molar-refractivity contribution in [2.45, 2.75) is 13.3 Å². The maximum atomic E-state index is 12.5. The van der Waals surface area contributed by atoms with Crippen LogP contribution in [0.2, 0.25) is 0 Å². The Labute approximate surface area is 152 Å². The molecule has 7 heteroatoms. The van der Waals surface area contributed by atoms with Crippen molar-refractivity contribution in [2.24, 2.45) is 0 Å². The van der Waals surface area contributed by atoms with E-state index in [1.165, 1.54) is 0 Å². The van der Waals surface area contributed by atoms with Crippen LogP contribution in [0.5, 0.6) is 0 Å². The van der Waals surface area contributed by atoms with E-state index in [0.717, 1.165) is 18.7 Å². The molecule has 0 aliphatic rings. The molecule has 7 nitrogen and oxygen atoms in total. The second-order valence-electron chi connectivity index (χ2n) is 5.42. The molecule has 0 saturated heterocycles. The molecule has 0 aliphatic heterocycles. The maximum Gasteiger partial charge on any atom is 0.340 e. The number of rotatable bonds is 9. The molecular weight excluding hydrogens is 334 g/mol. The Balaban J connectivity index is 2.07. The normalized spacial score (nSPS) is 10.2. The number of esters is 1. The highest BCUT2D eigenvalue weighted by molar-refractivity contribution is 6.07. The fourth-order valence-corrected chi connectivity index (χ4v) is 2.28. The molecule has 0 spiro atoms. The summed E-state index contributed by atoms with van der Waals surface area (Å²) in [5, 5.41) is 5.93. The van der Waals surface area contributed by atoms with E-state index in [4.69, 9.17) is 9.47 Å². The predicted octanol–water partition coefficient (Wildman–Crippen LogP) is 2.96. The van der Waals surface area contributed by atoms with Crippen LogP contribution in [0.25, 0.3) is 0 Å². The summed E-state index contributed by atoms with van der Waals surface area (Å²) in [6, 6.07) is 10.2. The highest BCUT2D eigenvalue weighted by Crippen LogP contribution is 2.18. The summed E-state index contributed by atoms with van der Waals surface area (Å²) in [6.45, 7) is 3.38. The number of para-hydroxylation sites is 1. The minimum Gasteiger partial charge on any atom is -0.462 e. The second-order valence-corrected chi connectivity index (χ2v) is 5.42. The van der Waals surface area contributed by atoms with Gasteiger partial charge in [-0.3, -0.25) is 9.78 Å². The standard InChI is InChI=1S/C19H23N3O4/c1-3-26-19(24)15-7-4-5-8-16(15)22-18(23)17-13-14(9-11-21-17)20-10-6-12-25-2/h4-5,7-9,11,13H,3,6,10,12H2,1-2H3,(H,20,21)(H,22,23). The lowest BCUT2D eigenvalue weighted by molar-refractivity contribution is 0.0527. The van der Waals surface area contributed by atoms with Gasteiger partial charge in [-0.15, -0.1) is 0 Å². The van der Waals surface area contributed by atoms with Crippen LogP contribution in [0.1, 0.15) is 34.2 Å². The number of anilines is 2. The lowest BCUT2D eigenvalue weighted by atomic mass is 10.1. The number of ether oxygens (including phenoxy) is 2. The number of hydrogen-bond acceptors (Lipinski definition) is 6. The summed E-state index contributed by atoms with van der Waals surface area (Å²) in [6.07, 6.45) is 2.41. The first-order chi connectivity index (χ1) is 12.7. The first kappa shape index (κ1) is 19.4. The van der Waals surface area contributed by atoms with Crippen LogP contribution in [0, 0.1) is 0 Å². The van der Waals surface area contributed by atoms with Gasteiger partial charge in [-0.05, 0) is 37.6 Å². The molecule has 0 radical (unpaired) electrons. The molecule has 2 rings (SSSR count). The zero-order valence-corrected chi connectivity index (χ0v) is 15.0. The molecule has 1 heterocycles. The van der Waals surface area contributed by atoms with Crippen molar-refractivity contribution < 1.29 is 19.1 Å². The van der Waals surface area contributed by atoms with Gasteiger partial charge in [0, 0.05) is 32.1 Å². The molecule has 138 valence electrons. The Morgan fingerprint density at radius 3 is 2.77 bits per heavy atom. The molecule has 1 amide bonds. The molecule has 0 unspecified atom stereocenters. The van der Waals surface area contributed by atoms with Crippen LogP contribution < -0.4 is 10.6 Å². The van der Waals surface area contributed by atoms with Crippen LogP contribution in [0.4, 0.5) is 11.4 Å². The highest BCUT2D eigenvalue weighted by atomic mass is 16.5. The number of carbonyl (C=O) groups is 2. The number of pyridine rings is 1. The Bertz CT molecular complexity index is 749. The van der Waals surface area contributed by atoms with Crippen molar-refractivity contribution in [3.05, 3.63) is 53.9 Å². The average Bonchev–Trinajstić information content (AvgIpc) is 2.66. The van der Waals surface area contributed by atoms with Crippen molar-refractivity contribution in [1.82, 2.24) is 4.98 Å². The quantitative estimate of drug-likeness (QED) is 0.530. The number of aromatic nitrogens is 1. The topological polar surface area (TPSA) is 89.5 Å². The van der Waals surface area contributed by atoms with Crippen molar-refractivity contribution in [1.29, 1.82) is 0 Å². The van der Waals surface area contributed by atoms with Gasteiger partial charge in [-0.25, -0.2) is 4.79 Å². The third kappa shape index (κ3) is 5.56. The molecule has 0 atom stereocenters. The van der Waals surface area contributed by atoms with E-state index >= 15 is 0 Å². The number of hydrogen-bond donors (Lipinski definition) is 2. The highest BCUT2D eigenvalue weighted by Gasteiger charge is 2.15. The van der Waals surface area contributed by atoms with Gasteiger partial charge in [0.1, 0.15) is 5.69 Å². The maximum absolute atomic E-state index is 12.5. The number of methoxy groups -OCH3 is 1. The smallest absolute Gasteiger partial charge is 0.340 e. The van der Waals surface area contributed by atoms with E-state index in [1.54, 1.807) is 56.6 Å². The molecule has 1 aromatic carbocycles. The molecule has 0 saturated carbocycles. The zero-order valence-electron chi connectivity index (χ0n) is 15.0. The van der Waals surface area contributed by atoms with Crippen LogP contribution in [-0.4, -0.2) is 43.7 Å². The number of carbonyl (C=O) groups excluding carboxylic acids is 2. The SMILES string of the molecule is CCOC(=O)c1ccccc1NC(=O)c1cc(NCCCOC)ccn1. The summed E-state index contributed by atoms with van der Waals surface area (Å²) < 4.78 is 10.0. The van der Waals surface area contributed by atoms with Gasteiger partial charge in [0.15, 0.2) is 0 Å². The van der Waals surface area contributed by atoms with Gasteiger partial charge >= 0.3 is 5.97 Å². The second kappa shape index (κ2) is 10.1. The minimum absolute atomic E-state index is 0.250. The molecular formula is C19H23N3O4. The zero-order chi connectivity index (χ0) is 18.8. The summed E-state index contributed by atoms with van der Waals surface area (Å²) in [5.41, 5.74) is 1.73. The molecule has 0 bridgehead atoms. The summed E-state index contributed by atoms with van der Waals surface area (Å²) in [5.74, 6) is -0.882. The van der Waals surface area contributed by atoms with Crippen LogP contribution in [0.15, 0.2) is 42.6 Å². The van der Waals surface area contributed by atoms with Crippen molar-refractivity contribution in [3.8, 4) is 0 Å². The number of nitrogens with one attached hydrogen (secondary N) is 2. The van der Waals surface area contributed by atoms with E-state index in [0.29, 0.717) is 17.9 Å². The Morgan fingerprint density at radius 2 is 2.00 bits per heavy atom. The fourth-order valence-electron chi connectivity index (χ4n) is 2.28. The molecule has 1 aromatic heterocycles.